The van der Waals surface area contributed by atoms with Crippen LogP contribution in [-0.2, 0) is 13.1 Å². The third-order valence-electron chi connectivity index (χ3n) is 5.92. The van der Waals surface area contributed by atoms with Gasteiger partial charge in [0.25, 0.3) is 5.56 Å². The topological polar surface area (TPSA) is 65.6 Å². The van der Waals surface area contributed by atoms with E-state index in [0.29, 0.717) is 29.0 Å². The number of aromatic nitrogens is 5. The van der Waals surface area contributed by atoms with E-state index < -0.39 is 0 Å². The highest BCUT2D eigenvalue weighted by molar-refractivity contribution is 6.04. The van der Waals surface area contributed by atoms with Crippen molar-refractivity contribution in [2.24, 2.45) is 5.92 Å². The minimum atomic E-state index is -0.0199. The number of para-hydroxylation sites is 2. The lowest BCUT2D eigenvalue weighted by molar-refractivity contribution is 0.539. The highest BCUT2D eigenvalue weighted by atomic mass is 16.1. The second-order valence-corrected chi connectivity index (χ2v) is 8.69. The van der Waals surface area contributed by atoms with Gasteiger partial charge in [-0.25, -0.2) is 15.0 Å². The summed E-state index contributed by atoms with van der Waals surface area (Å²) >= 11 is 0. The maximum Gasteiger partial charge on any atom is 0.265 e. The van der Waals surface area contributed by atoms with Gasteiger partial charge in [0.05, 0.1) is 17.4 Å². The van der Waals surface area contributed by atoms with Crippen LogP contribution in [0.4, 0.5) is 0 Å². The Bertz CT molecular complexity index is 1330. The summed E-state index contributed by atoms with van der Waals surface area (Å²) in [5.74, 6) is 0.402. The molecule has 0 spiro atoms. The van der Waals surface area contributed by atoms with Gasteiger partial charge in [0.2, 0.25) is 0 Å². The molecule has 3 heterocycles. The summed E-state index contributed by atoms with van der Waals surface area (Å²) in [7, 11) is 0. The molecule has 0 saturated carbocycles. The van der Waals surface area contributed by atoms with E-state index in [1.807, 2.05) is 24.3 Å². The Hall–Kier alpha value is -3.02. The summed E-state index contributed by atoms with van der Waals surface area (Å²) in [5.41, 5.74) is 5.17. The number of benzene rings is 1. The van der Waals surface area contributed by atoms with E-state index in [2.05, 4.69) is 24.5 Å². The molecule has 1 aliphatic carbocycles. The molecule has 1 aromatic carbocycles. The molecule has 1 aliphatic rings. The summed E-state index contributed by atoms with van der Waals surface area (Å²) < 4.78 is 3.80. The smallest absolute Gasteiger partial charge is 0.265 e. The molecule has 0 fully saturated rings. The van der Waals surface area contributed by atoms with Gasteiger partial charge in [0, 0.05) is 13.1 Å². The molecule has 0 saturated heterocycles. The van der Waals surface area contributed by atoms with E-state index in [4.69, 9.17) is 15.0 Å². The summed E-state index contributed by atoms with van der Waals surface area (Å²) in [4.78, 5) is 27.9. The quantitative estimate of drug-likeness (QED) is 0.449. The standard InChI is InChI=1S/C24H27N5O/c1-16(2)14-29-22-20(21-23(29)27-19-11-7-6-10-18(19)26-21)24(30)28(15-25-22)13-12-17-8-4-3-5-9-17/h6-8,10-11,15-16H,3-5,9,12-14H2,1-2H3. The summed E-state index contributed by atoms with van der Waals surface area (Å²) in [6, 6.07) is 7.81. The summed E-state index contributed by atoms with van der Waals surface area (Å²) in [5, 5.41) is 0.587. The van der Waals surface area contributed by atoms with Gasteiger partial charge in [0.15, 0.2) is 11.3 Å². The first-order valence-corrected chi connectivity index (χ1v) is 10.9. The van der Waals surface area contributed by atoms with Crippen molar-refractivity contribution in [3.8, 4) is 0 Å². The van der Waals surface area contributed by atoms with E-state index in [1.54, 1.807) is 10.9 Å². The fourth-order valence-electron chi connectivity index (χ4n) is 4.43. The van der Waals surface area contributed by atoms with Gasteiger partial charge in [-0.2, -0.15) is 0 Å². The Balaban J connectivity index is 1.68. The van der Waals surface area contributed by atoms with Crippen LogP contribution in [-0.4, -0.2) is 24.1 Å². The van der Waals surface area contributed by atoms with Crippen molar-refractivity contribution >= 4 is 33.2 Å². The van der Waals surface area contributed by atoms with Crippen LogP contribution in [0, 0.1) is 5.92 Å². The van der Waals surface area contributed by atoms with E-state index in [-0.39, 0.29) is 5.56 Å². The van der Waals surface area contributed by atoms with Crippen LogP contribution in [0.2, 0.25) is 0 Å². The predicted octanol–water partition coefficient (Wildman–Crippen LogP) is 4.84. The number of nitrogens with zero attached hydrogens (tertiary/aromatic N) is 5. The zero-order valence-electron chi connectivity index (χ0n) is 17.6. The largest absolute Gasteiger partial charge is 0.308 e. The van der Waals surface area contributed by atoms with Crippen molar-refractivity contribution < 1.29 is 0 Å². The van der Waals surface area contributed by atoms with Crippen LogP contribution < -0.4 is 5.56 Å². The Morgan fingerprint density at radius 3 is 2.60 bits per heavy atom. The molecule has 0 bridgehead atoms. The highest BCUT2D eigenvalue weighted by Crippen LogP contribution is 2.26. The van der Waals surface area contributed by atoms with Crippen molar-refractivity contribution in [3.05, 3.63) is 52.6 Å². The van der Waals surface area contributed by atoms with E-state index >= 15 is 0 Å². The lowest BCUT2D eigenvalue weighted by atomic mass is 9.97. The molecule has 6 heteroatoms. The Labute approximate surface area is 175 Å². The lowest BCUT2D eigenvalue weighted by Gasteiger charge is -2.13. The Kier molecular flexibility index (Phi) is 4.85. The van der Waals surface area contributed by atoms with Gasteiger partial charge in [-0.15, -0.1) is 0 Å². The van der Waals surface area contributed by atoms with Crippen LogP contribution >= 0.6 is 0 Å². The fourth-order valence-corrected chi connectivity index (χ4v) is 4.43. The minimum Gasteiger partial charge on any atom is -0.308 e. The number of fused-ring (bicyclic) bond motifs is 4. The zero-order valence-corrected chi connectivity index (χ0v) is 17.6. The first-order chi connectivity index (χ1) is 14.6. The van der Waals surface area contributed by atoms with Crippen molar-refractivity contribution in [1.82, 2.24) is 24.1 Å². The molecule has 0 unspecified atom stereocenters. The molecule has 154 valence electrons. The SMILES string of the molecule is CC(C)Cn1c2nc3ccccc3nc2c2c(=O)n(CCC3=CCCCC3)cnc21. The maximum atomic E-state index is 13.5. The third kappa shape index (κ3) is 3.30. The maximum absolute atomic E-state index is 13.5. The molecule has 3 aromatic heterocycles. The molecular formula is C24H27N5O. The zero-order chi connectivity index (χ0) is 20.7. The normalized spacial score (nSPS) is 14.8. The third-order valence-corrected chi connectivity index (χ3v) is 5.92. The van der Waals surface area contributed by atoms with Gasteiger partial charge in [0.1, 0.15) is 10.9 Å². The second-order valence-electron chi connectivity index (χ2n) is 8.69. The van der Waals surface area contributed by atoms with E-state index in [0.717, 1.165) is 42.5 Å². The van der Waals surface area contributed by atoms with Crippen molar-refractivity contribution in [2.45, 2.75) is 59.0 Å². The number of hydrogen-bond acceptors (Lipinski definition) is 4. The molecule has 0 atom stereocenters. The first-order valence-electron chi connectivity index (χ1n) is 10.9. The fraction of sp³-hybridized carbons (Fsp3) is 0.417. The van der Waals surface area contributed by atoms with Crippen LogP contribution in [0.15, 0.2) is 47.0 Å². The minimum absolute atomic E-state index is 0.0199. The average Bonchev–Trinajstić information content (AvgIpc) is 3.05. The van der Waals surface area contributed by atoms with Crippen LogP contribution in [0.5, 0.6) is 0 Å². The van der Waals surface area contributed by atoms with Gasteiger partial charge in [-0.1, -0.05) is 37.6 Å². The summed E-state index contributed by atoms with van der Waals surface area (Å²) in [6.07, 6.45) is 9.78. The monoisotopic (exact) mass is 401 g/mol. The summed E-state index contributed by atoms with van der Waals surface area (Å²) in [6.45, 7) is 5.72. The van der Waals surface area contributed by atoms with Crippen LogP contribution in [0.25, 0.3) is 33.2 Å². The number of aryl methyl sites for hydroxylation is 1. The molecular weight excluding hydrogens is 374 g/mol. The highest BCUT2D eigenvalue weighted by Gasteiger charge is 2.20. The molecule has 0 aliphatic heterocycles. The molecule has 0 radical (unpaired) electrons. The van der Waals surface area contributed by atoms with Gasteiger partial charge < -0.3 is 4.57 Å². The van der Waals surface area contributed by atoms with Gasteiger partial charge >= 0.3 is 0 Å². The molecule has 4 aromatic rings. The second kappa shape index (κ2) is 7.67. The Morgan fingerprint density at radius 2 is 1.87 bits per heavy atom. The first kappa shape index (κ1) is 19.0. The molecule has 0 amide bonds. The van der Waals surface area contributed by atoms with Crippen molar-refractivity contribution in [3.63, 3.8) is 0 Å². The van der Waals surface area contributed by atoms with Gasteiger partial charge in [-0.05, 0) is 50.2 Å². The van der Waals surface area contributed by atoms with E-state index in [1.165, 1.54) is 18.4 Å². The number of hydrogen-bond donors (Lipinski definition) is 0. The van der Waals surface area contributed by atoms with Crippen molar-refractivity contribution in [2.75, 3.05) is 0 Å². The predicted molar refractivity (Wildman–Crippen MR) is 121 cm³/mol. The number of allylic oxidation sites excluding steroid dienone is 2. The molecule has 0 N–H and O–H groups in total. The van der Waals surface area contributed by atoms with Gasteiger partial charge in [-0.3, -0.25) is 9.36 Å². The Morgan fingerprint density at radius 1 is 1.07 bits per heavy atom. The average molecular weight is 402 g/mol. The van der Waals surface area contributed by atoms with Crippen molar-refractivity contribution in [1.29, 1.82) is 0 Å². The number of rotatable bonds is 5. The van der Waals surface area contributed by atoms with E-state index in [9.17, 15) is 4.79 Å². The molecule has 6 nitrogen and oxygen atoms in total. The van der Waals surface area contributed by atoms with Crippen LogP contribution in [0.1, 0.15) is 46.0 Å². The lowest BCUT2D eigenvalue weighted by Crippen LogP contribution is -2.21. The molecule has 30 heavy (non-hydrogen) atoms. The molecule has 5 rings (SSSR count). The van der Waals surface area contributed by atoms with Crippen LogP contribution in [0.3, 0.4) is 0 Å².